The van der Waals surface area contributed by atoms with Gasteiger partial charge in [0.2, 0.25) is 5.91 Å². The molecular weight excluding hydrogens is 432 g/mol. The van der Waals surface area contributed by atoms with Gasteiger partial charge in [0.1, 0.15) is 11.9 Å². The molecule has 1 saturated heterocycles. The Labute approximate surface area is 199 Å². The lowest BCUT2D eigenvalue weighted by atomic mass is 10.0. The molecule has 2 aromatic rings. The highest BCUT2D eigenvalue weighted by atomic mass is 32.2. The maximum atomic E-state index is 12.9. The Hall–Kier alpha value is -3.34. The summed E-state index contributed by atoms with van der Waals surface area (Å²) in [4.78, 5) is 27.6. The van der Waals surface area contributed by atoms with Gasteiger partial charge in [0.25, 0.3) is 0 Å². The number of benzene rings is 1. The summed E-state index contributed by atoms with van der Waals surface area (Å²) in [7, 11) is 0. The van der Waals surface area contributed by atoms with Crippen molar-refractivity contribution in [3.8, 4) is 35.5 Å². The summed E-state index contributed by atoms with van der Waals surface area (Å²) in [5, 5.41) is 4.52. The zero-order valence-corrected chi connectivity index (χ0v) is 20.2. The number of carbonyl (C=O) groups is 1. The van der Waals surface area contributed by atoms with Gasteiger partial charge in [-0.25, -0.2) is 9.48 Å². The molecule has 0 radical (unpaired) electrons. The third kappa shape index (κ3) is 6.35. The number of fused-ring (bicyclic) bond motifs is 1. The Balaban J connectivity index is 0.000000331. The normalized spacial score (nSPS) is 16.0. The van der Waals surface area contributed by atoms with Gasteiger partial charge in [-0.05, 0) is 62.9 Å². The fourth-order valence-corrected chi connectivity index (χ4v) is 4.68. The molecule has 2 aliphatic heterocycles. The van der Waals surface area contributed by atoms with Gasteiger partial charge in [0.15, 0.2) is 0 Å². The third-order valence-electron chi connectivity index (χ3n) is 5.37. The van der Waals surface area contributed by atoms with Gasteiger partial charge in [-0.2, -0.15) is 5.10 Å². The smallest absolute Gasteiger partial charge is 0.331 e. The zero-order valence-electron chi connectivity index (χ0n) is 19.4. The first kappa shape index (κ1) is 24.3. The van der Waals surface area contributed by atoms with Crippen LogP contribution >= 0.6 is 11.8 Å². The zero-order chi connectivity index (χ0) is 23.6. The van der Waals surface area contributed by atoms with Gasteiger partial charge in [-0.15, -0.1) is 11.8 Å². The quantitative estimate of drug-likeness (QED) is 0.661. The van der Waals surface area contributed by atoms with E-state index in [1.807, 2.05) is 36.1 Å². The van der Waals surface area contributed by atoms with Gasteiger partial charge < -0.3 is 4.90 Å². The van der Waals surface area contributed by atoms with Crippen LogP contribution in [0.3, 0.4) is 0 Å². The predicted octanol–water partition coefficient (Wildman–Crippen LogP) is 2.85. The van der Waals surface area contributed by atoms with Crippen LogP contribution < -0.4 is 5.69 Å². The number of rotatable bonds is 3. The third-order valence-corrected chi connectivity index (χ3v) is 6.34. The maximum Gasteiger partial charge on any atom is 0.346 e. The summed E-state index contributed by atoms with van der Waals surface area (Å²) in [6, 6.07) is 7.72. The van der Waals surface area contributed by atoms with E-state index in [4.69, 9.17) is 0 Å². The van der Waals surface area contributed by atoms with E-state index < -0.39 is 0 Å². The number of aromatic nitrogens is 3. The molecule has 170 valence electrons. The monoisotopic (exact) mass is 460 g/mol. The second-order valence-corrected chi connectivity index (χ2v) is 8.83. The molecule has 0 aliphatic carbocycles. The topological polar surface area (TPSA) is 60.1 Å². The highest BCUT2D eigenvalue weighted by Crippen LogP contribution is 2.26. The van der Waals surface area contributed by atoms with Crippen LogP contribution in [0, 0.1) is 42.4 Å². The molecule has 0 bridgehead atoms. The molecule has 33 heavy (non-hydrogen) atoms. The Morgan fingerprint density at radius 3 is 2.42 bits per heavy atom. The maximum absolute atomic E-state index is 12.9. The van der Waals surface area contributed by atoms with Crippen molar-refractivity contribution in [3.63, 3.8) is 0 Å². The fraction of sp³-hybridized carbons (Fsp3) is 0.423. The molecule has 7 heteroatoms. The molecule has 0 N–H and O–H groups in total. The second-order valence-electron chi connectivity index (χ2n) is 7.76. The molecule has 0 saturated carbocycles. The van der Waals surface area contributed by atoms with Crippen molar-refractivity contribution in [3.05, 3.63) is 51.7 Å². The number of carbonyl (C=O) groups excluding carboxylic acids is 1. The van der Waals surface area contributed by atoms with Gasteiger partial charge >= 0.3 is 5.69 Å². The first-order valence-corrected chi connectivity index (χ1v) is 12.1. The average molecular weight is 461 g/mol. The number of nitrogens with zero attached hydrogens (tertiary/aromatic N) is 4. The average Bonchev–Trinajstić information content (AvgIpc) is 3.47. The van der Waals surface area contributed by atoms with E-state index in [1.54, 1.807) is 30.2 Å². The van der Waals surface area contributed by atoms with Crippen LogP contribution in [0.1, 0.15) is 49.7 Å². The van der Waals surface area contributed by atoms with Crippen molar-refractivity contribution in [2.24, 2.45) is 0 Å². The van der Waals surface area contributed by atoms with Crippen LogP contribution in [0.15, 0.2) is 29.1 Å². The largest absolute Gasteiger partial charge is 0.346 e. The van der Waals surface area contributed by atoms with E-state index in [2.05, 4.69) is 40.6 Å². The van der Waals surface area contributed by atoms with E-state index in [0.29, 0.717) is 6.54 Å². The van der Waals surface area contributed by atoms with Gasteiger partial charge in [-0.3, -0.25) is 9.36 Å². The minimum Gasteiger partial charge on any atom is -0.331 e. The van der Waals surface area contributed by atoms with Gasteiger partial charge in [0, 0.05) is 18.7 Å². The van der Waals surface area contributed by atoms with Crippen molar-refractivity contribution < 1.29 is 4.79 Å². The number of thioether (sulfide) groups is 1. The Kier molecular flexibility index (Phi) is 8.87. The number of aryl methyl sites for hydroxylation is 2. The van der Waals surface area contributed by atoms with E-state index in [0.717, 1.165) is 48.8 Å². The molecule has 2 aliphatic rings. The van der Waals surface area contributed by atoms with E-state index in [-0.39, 0.29) is 17.6 Å². The molecule has 1 fully saturated rings. The lowest BCUT2D eigenvalue weighted by molar-refractivity contribution is -0.134. The molecule has 1 aromatic heterocycles. The lowest BCUT2D eigenvalue weighted by Gasteiger charge is -2.26. The highest BCUT2D eigenvalue weighted by Gasteiger charge is 2.34. The summed E-state index contributed by atoms with van der Waals surface area (Å²) in [6.07, 6.45) is 2.39. The van der Waals surface area contributed by atoms with Crippen LogP contribution in [0.5, 0.6) is 0 Å². The molecule has 0 spiro atoms. The summed E-state index contributed by atoms with van der Waals surface area (Å²) in [5.74, 6) is 18.0. The van der Waals surface area contributed by atoms with Crippen LogP contribution in [-0.2, 0) is 17.8 Å². The fourth-order valence-electron chi connectivity index (χ4n) is 3.72. The highest BCUT2D eigenvalue weighted by molar-refractivity contribution is 7.99. The predicted molar refractivity (Wildman–Crippen MR) is 132 cm³/mol. The van der Waals surface area contributed by atoms with Crippen molar-refractivity contribution in [1.82, 2.24) is 19.2 Å². The Bertz CT molecular complexity index is 1190. The Morgan fingerprint density at radius 2 is 1.82 bits per heavy atom. The van der Waals surface area contributed by atoms with Crippen LogP contribution in [0.2, 0.25) is 0 Å². The second kappa shape index (κ2) is 12.0. The van der Waals surface area contributed by atoms with Gasteiger partial charge in [0.05, 0.1) is 12.4 Å². The first-order chi connectivity index (χ1) is 16.0. The van der Waals surface area contributed by atoms with Crippen molar-refractivity contribution in [1.29, 1.82) is 0 Å². The SMILES string of the molecule is CC#CC#CC#CC.Cc1ccc(Cn2nc3n(c2=O)[C@H](C(=O)N2CCSC2)CCC3)cc1. The number of hydrogen-bond donors (Lipinski definition) is 0. The Morgan fingerprint density at radius 1 is 1.12 bits per heavy atom. The minimum atomic E-state index is -0.387. The molecule has 3 heterocycles. The van der Waals surface area contributed by atoms with Crippen LogP contribution in [-0.4, -0.2) is 43.3 Å². The van der Waals surface area contributed by atoms with E-state index in [9.17, 15) is 9.59 Å². The molecule has 1 amide bonds. The van der Waals surface area contributed by atoms with Crippen molar-refractivity contribution >= 4 is 17.7 Å². The standard InChI is InChI=1S/C18H22N4O2S.C8H6/c1-13-5-7-14(8-6-13)11-21-18(24)22-15(3-2-4-16(22)19-21)17(23)20-9-10-25-12-20;1-3-5-7-8-6-4-2/h5-8,15H,2-4,9-12H2,1H3;1-2H3/t15-;/m0./s1. The first-order valence-electron chi connectivity index (χ1n) is 11.0. The molecule has 1 atom stereocenters. The molecule has 4 rings (SSSR count). The number of amides is 1. The molecule has 6 nitrogen and oxygen atoms in total. The van der Waals surface area contributed by atoms with Crippen molar-refractivity contribution in [2.75, 3.05) is 18.2 Å². The summed E-state index contributed by atoms with van der Waals surface area (Å²) >= 11 is 1.76. The van der Waals surface area contributed by atoms with Crippen molar-refractivity contribution in [2.45, 2.75) is 52.6 Å². The van der Waals surface area contributed by atoms with E-state index in [1.165, 1.54) is 10.2 Å². The van der Waals surface area contributed by atoms with Gasteiger partial charge in [-0.1, -0.05) is 41.7 Å². The molecular formula is C26H28N4O2S. The minimum absolute atomic E-state index is 0.0722. The van der Waals surface area contributed by atoms with Crippen LogP contribution in [0.4, 0.5) is 0 Å². The summed E-state index contributed by atoms with van der Waals surface area (Å²) in [6.45, 7) is 6.75. The molecule has 0 unspecified atom stereocenters. The number of hydrogen-bond acceptors (Lipinski definition) is 4. The summed E-state index contributed by atoms with van der Waals surface area (Å²) < 4.78 is 3.15. The lowest BCUT2D eigenvalue weighted by Crippen LogP contribution is -2.41. The summed E-state index contributed by atoms with van der Waals surface area (Å²) in [5.41, 5.74) is 2.07. The van der Waals surface area contributed by atoms with Crippen LogP contribution in [0.25, 0.3) is 0 Å². The molecule has 1 aromatic carbocycles. The van der Waals surface area contributed by atoms with E-state index >= 15 is 0 Å².